The van der Waals surface area contributed by atoms with Crippen LogP contribution in [0.2, 0.25) is 0 Å². The number of piperazine rings is 1. The molecule has 164 valence electrons. The van der Waals surface area contributed by atoms with Gasteiger partial charge in [0, 0.05) is 48.9 Å². The molecule has 3 heterocycles. The number of amides is 1. The van der Waals surface area contributed by atoms with Gasteiger partial charge in [0.15, 0.2) is 0 Å². The van der Waals surface area contributed by atoms with Gasteiger partial charge in [-0.2, -0.15) is 5.26 Å². The van der Waals surface area contributed by atoms with Gasteiger partial charge in [-0.05, 0) is 75.1 Å². The molecule has 1 aliphatic heterocycles. The van der Waals surface area contributed by atoms with Crippen molar-refractivity contribution in [2.45, 2.75) is 57.4 Å². The number of rotatable bonds is 5. The van der Waals surface area contributed by atoms with Gasteiger partial charge >= 0.3 is 0 Å². The number of hydrogen-bond acceptors (Lipinski definition) is 5. The first-order chi connectivity index (χ1) is 15.6. The Kier molecular flexibility index (Phi) is 4.67. The molecular formula is C26H29N5O. The Morgan fingerprint density at radius 3 is 2.59 bits per heavy atom. The van der Waals surface area contributed by atoms with Gasteiger partial charge in [0.1, 0.15) is 11.9 Å². The summed E-state index contributed by atoms with van der Waals surface area (Å²) >= 11 is 0. The van der Waals surface area contributed by atoms with Crippen molar-refractivity contribution in [3.8, 4) is 17.2 Å². The Balaban J connectivity index is 1.35. The number of anilines is 1. The molecule has 6 nitrogen and oxygen atoms in total. The summed E-state index contributed by atoms with van der Waals surface area (Å²) in [5, 5.41) is 10.0. The zero-order valence-corrected chi connectivity index (χ0v) is 18.6. The number of pyridine rings is 2. The summed E-state index contributed by atoms with van der Waals surface area (Å²) in [6.45, 7) is 4.28. The van der Waals surface area contributed by atoms with E-state index in [1.54, 1.807) is 0 Å². The third-order valence-corrected chi connectivity index (χ3v) is 7.42. The fourth-order valence-electron chi connectivity index (χ4n) is 5.18. The van der Waals surface area contributed by atoms with Gasteiger partial charge in [0.25, 0.3) is 0 Å². The molecule has 0 aromatic carbocycles. The Morgan fingerprint density at radius 2 is 1.94 bits per heavy atom. The number of carbonyl (C=O) groups is 1. The molecule has 3 aliphatic carbocycles. The molecule has 0 N–H and O–H groups in total. The summed E-state index contributed by atoms with van der Waals surface area (Å²) in [5.41, 5.74) is 4.88. The van der Waals surface area contributed by atoms with E-state index in [1.165, 1.54) is 12.8 Å². The first-order valence-electron chi connectivity index (χ1n) is 12.1. The van der Waals surface area contributed by atoms with E-state index in [-0.39, 0.29) is 12.0 Å². The second-order valence-electron chi connectivity index (χ2n) is 10.0. The standard InChI is InChI=1S/C26H29N5O/c1-16-12-20(8-9-28-16)22-13-21(14-27)25(29-24(22)18-4-5-18)30-10-11-31(26(32)19-6-7-19)23(15-30)17-2-3-17/h8-9,12-13,17-19,23H,2-7,10-11,15H2,1H3. The molecule has 6 heteroatoms. The van der Waals surface area contributed by atoms with Crippen LogP contribution in [0, 0.1) is 30.1 Å². The first-order valence-corrected chi connectivity index (χ1v) is 12.1. The van der Waals surface area contributed by atoms with E-state index in [1.807, 2.05) is 25.3 Å². The predicted molar refractivity (Wildman–Crippen MR) is 122 cm³/mol. The number of aryl methyl sites for hydroxylation is 1. The largest absolute Gasteiger partial charge is 0.352 e. The van der Waals surface area contributed by atoms with Crippen molar-refractivity contribution in [3.05, 3.63) is 41.3 Å². The minimum Gasteiger partial charge on any atom is -0.352 e. The predicted octanol–water partition coefficient (Wildman–Crippen LogP) is 4.04. The van der Waals surface area contributed by atoms with Gasteiger partial charge in [0.2, 0.25) is 5.91 Å². The molecule has 1 saturated heterocycles. The topological polar surface area (TPSA) is 73.1 Å². The van der Waals surface area contributed by atoms with Crippen LogP contribution in [0.4, 0.5) is 5.82 Å². The second-order valence-corrected chi connectivity index (χ2v) is 10.0. The van der Waals surface area contributed by atoms with Crippen LogP contribution in [-0.4, -0.2) is 46.5 Å². The van der Waals surface area contributed by atoms with E-state index in [2.05, 4.69) is 26.9 Å². The van der Waals surface area contributed by atoms with Crippen molar-refractivity contribution >= 4 is 11.7 Å². The van der Waals surface area contributed by atoms with Gasteiger partial charge in [-0.25, -0.2) is 4.98 Å². The highest BCUT2D eigenvalue weighted by atomic mass is 16.2. The molecule has 2 aromatic rings. The van der Waals surface area contributed by atoms with Crippen molar-refractivity contribution in [2.24, 2.45) is 11.8 Å². The van der Waals surface area contributed by atoms with Crippen molar-refractivity contribution < 1.29 is 4.79 Å². The molecule has 1 unspecified atom stereocenters. The number of nitrogens with zero attached hydrogens (tertiary/aromatic N) is 5. The average molecular weight is 428 g/mol. The number of nitriles is 1. The first kappa shape index (κ1) is 19.7. The Bertz CT molecular complexity index is 1110. The average Bonchev–Trinajstić information content (AvgIpc) is 3.66. The summed E-state index contributed by atoms with van der Waals surface area (Å²) in [7, 11) is 0. The van der Waals surface area contributed by atoms with E-state index < -0.39 is 0 Å². The Morgan fingerprint density at radius 1 is 1.12 bits per heavy atom. The lowest BCUT2D eigenvalue weighted by molar-refractivity contribution is -0.135. The second kappa shape index (κ2) is 7.58. The minimum atomic E-state index is 0.261. The highest BCUT2D eigenvalue weighted by molar-refractivity contribution is 5.82. The number of hydrogen-bond donors (Lipinski definition) is 0. The van der Waals surface area contributed by atoms with Gasteiger partial charge in [-0.3, -0.25) is 9.78 Å². The number of carbonyl (C=O) groups excluding carboxylic acids is 1. The SMILES string of the molecule is Cc1cc(-c2cc(C#N)c(N3CCN(C(=O)C4CC4)C(C4CC4)C3)nc2C2CC2)ccn1. The van der Waals surface area contributed by atoms with E-state index in [0.29, 0.717) is 23.3 Å². The Labute approximate surface area is 189 Å². The molecule has 2 aromatic heterocycles. The highest BCUT2D eigenvalue weighted by Crippen LogP contribution is 2.46. The van der Waals surface area contributed by atoms with Crippen LogP contribution < -0.4 is 4.90 Å². The van der Waals surface area contributed by atoms with Crippen LogP contribution in [-0.2, 0) is 4.79 Å². The van der Waals surface area contributed by atoms with Gasteiger partial charge in [-0.15, -0.1) is 0 Å². The summed E-state index contributed by atoms with van der Waals surface area (Å²) in [6, 6.07) is 8.82. The minimum absolute atomic E-state index is 0.261. The summed E-state index contributed by atoms with van der Waals surface area (Å²) in [4.78, 5) is 26.8. The molecule has 1 amide bonds. The maximum atomic E-state index is 12.9. The highest BCUT2D eigenvalue weighted by Gasteiger charge is 2.45. The third-order valence-electron chi connectivity index (χ3n) is 7.42. The summed E-state index contributed by atoms with van der Waals surface area (Å²) in [5.74, 6) is 2.51. The smallest absolute Gasteiger partial charge is 0.226 e. The van der Waals surface area contributed by atoms with Crippen LogP contribution in [0.3, 0.4) is 0 Å². The fourth-order valence-corrected chi connectivity index (χ4v) is 5.18. The molecule has 4 fully saturated rings. The maximum Gasteiger partial charge on any atom is 0.226 e. The molecule has 32 heavy (non-hydrogen) atoms. The quantitative estimate of drug-likeness (QED) is 0.720. The van der Waals surface area contributed by atoms with E-state index >= 15 is 0 Å². The zero-order chi connectivity index (χ0) is 21.8. The lowest BCUT2D eigenvalue weighted by Gasteiger charge is -2.43. The molecule has 6 rings (SSSR count). The van der Waals surface area contributed by atoms with Crippen LogP contribution >= 0.6 is 0 Å². The van der Waals surface area contributed by atoms with Gasteiger partial charge < -0.3 is 9.80 Å². The van der Waals surface area contributed by atoms with Crippen molar-refractivity contribution in [1.82, 2.24) is 14.9 Å². The van der Waals surface area contributed by atoms with Crippen molar-refractivity contribution in [3.63, 3.8) is 0 Å². The van der Waals surface area contributed by atoms with Crippen LogP contribution in [0.25, 0.3) is 11.1 Å². The zero-order valence-electron chi connectivity index (χ0n) is 18.6. The monoisotopic (exact) mass is 427 g/mol. The van der Waals surface area contributed by atoms with Gasteiger partial charge in [-0.1, -0.05) is 0 Å². The molecule has 4 aliphatic rings. The van der Waals surface area contributed by atoms with E-state index in [9.17, 15) is 10.1 Å². The summed E-state index contributed by atoms with van der Waals surface area (Å²) < 4.78 is 0. The lowest BCUT2D eigenvalue weighted by Crippen LogP contribution is -2.57. The van der Waals surface area contributed by atoms with Crippen LogP contribution in [0.1, 0.15) is 61.4 Å². The van der Waals surface area contributed by atoms with Crippen molar-refractivity contribution in [1.29, 1.82) is 5.26 Å². The molecule has 3 saturated carbocycles. The molecule has 0 radical (unpaired) electrons. The van der Waals surface area contributed by atoms with E-state index in [0.717, 1.165) is 73.7 Å². The van der Waals surface area contributed by atoms with Crippen LogP contribution in [0.15, 0.2) is 24.4 Å². The number of aromatic nitrogens is 2. The van der Waals surface area contributed by atoms with Crippen molar-refractivity contribution in [2.75, 3.05) is 24.5 Å². The summed E-state index contributed by atoms with van der Waals surface area (Å²) in [6.07, 6.45) is 8.66. The third kappa shape index (κ3) is 3.64. The molecular weight excluding hydrogens is 398 g/mol. The van der Waals surface area contributed by atoms with E-state index in [4.69, 9.17) is 4.98 Å². The normalized spacial score (nSPS) is 23.2. The molecule has 0 bridgehead atoms. The fraction of sp³-hybridized carbons (Fsp3) is 0.538. The van der Waals surface area contributed by atoms with Crippen LogP contribution in [0.5, 0.6) is 0 Å². The molecule has 0 spiro atoms. The lowest BCUT2D eigenvalue weighted by atomic mass is 9.99. The maximum absolute atomic E-state index is 12.9. The molecule has 1 atom stereocenters. The van der Waals surface area contributed by atoms with Gasteiger partial charge in [0.05, 0.1) is 17.3 Å². The Hall–Kier alpha value is -2.94.